The summed E-state index contributed by atoms with van der Waals surface area (Å²) in [5.41, 5.74) is 3.16. The van der Waals surface area contributed by atoms with Crippen molar-refractivity contribution >= 4 is 11.9 Å². The lowest BCUT2D eigenvalue weighted by Gasteiger charge is -2.43. The van der Waals surface area contributed by atoms with Crippen molar-refractivity contribution in [2.75, 3.05) is 0 Å². The summed E-state index contributed by atoms with van der Waals surface area (Å²) in [7, 11) is 0. The van der Waals surface area contributed by atoms with Gasteiger partial charge in [-0.2, -0.15) is 0 Å². The maximum Gasteiger partial charge on any atom is 0.415 e. The van der Waals surface area contributed by atoms with Crippen LogP contribution in [0.2, 0.25) is 0 Å². The van der Waals surface area contributed by atoms with Crippen molar-refractivity contribution in [3.63, 3.8) is 0 Å². The van der Waals surface area contributed by atoms with Gasteiger partial charge in [0.15, 0.2) is 11.9 Å². The Balaban J connectivity index is 1.74. The molecule has 1 saturated heterocycles. The third kappa shape index (κ3) is 3.27. The molecule has 184 valence electrons. The van der Waals surface area contributed by atoms with E-state index in [0.717, 1.165) is 22.3 Å². The first kappa shape index (κ1) is 24.1. The number of rotatable bonds is 6. The van der Waals surface area contributed by atoms with Crippen LogP contribution in [-0.4, -0.2) is 16.8 Å². The molecule has 0 unspecified atom stereocenters. The highest BCUT2D eigenvalue weighted by Gasteiger charge is 2.62. The van der Waals surface area contributed by atoms with E-state index in [4.69, 9.17) is 4.74 Å². The minimum absolute atomic E-state index is 0.0305. The monoisotopic (exact) mass is 479 g/mol. The van der Waals surface area contributed by atoms with Gasteiger partial charge in [-0.05, 0) is 42.0 Å². The van der Waals surface area contributed by atoms with Gasteiger partial charge in [0.2, 0.25) is 0 Å². The fraction of sp³-hybridized carbons (Fsp3) is 0.312. The first-order chi connectivity index (χ1) is 17.4. The number of carbonyl (C=O) groups is 2. The van der Waals surface area contributed by atoms with Crippen molar-refractivity contribution in [2.45, 2.75) is 58.1 Å². The van der Waals surface area contributed by atoms with Crippen LogP contribution in [0.4, 0.5) is 4.79 Å². The molecular formula is C32H33NO3. The minimum Gasteiger partial charge on any atom is -0.438 e. The van der Waals surface area contributed by atoms with Crippen molar-refractivity contribution < 1.29 is 14.3 Å². The molecule has 0 radical (unpaired) electrons. The Morgan fingerprint density at radius 3 is 1.81 bits per heavy atom. The quantitative estimate of drug-likeness (QED) is 0.367. The zero-order chi connectivity index (χ0) is 25.5. The number of carbonyl (C=O) groups excluding carboxylic acids is 2. The van der Waals surface area contributed by atoms with Crippen LogP contribution in [0.3, 0.4) is 0 Å². The number of hydrogen-bond acceptors (Lipinski definition) is 3. The van der Waals surface area contributed by atoms with Crippen LogP contribution in [-0.2, 0) is 14.9 Å². The first-order valence-corrected chi connectivity index (χ1v) is 12.8. The Labute approximate surface area is 213 Å². The lowest BCUT2D eigenvalue weighted by molar-refractivity contribution is -0.127. The molecule has 4 nitrogen and oxygen atoms in total. The summed E-state index contributed by atoms with van der Waals surface area (Å²) in [4.78, 5) is 29.9. The van der Waals surface area contributed by atoms with Crippen molar-refractivity contribution in [1.82, 2.24) is 4.90 Å². The number of nitrogens with zero attached hydrogens (tertiary/aromatic N) is 1. The second-order valence-electron chi connectivity index (χ2n) is 10.0. The molecule has 3 aromatic carbocycles. The number of hydrogen-bond donors (Lipinski definition) is 0. The lowest BCUT2D eigenvalue weighted by atomic mass is 9.58. The molecule has 1 heterocycles. The molecule has 0 bridgehead atoms. The molecule has 0 aromatic heterocycles. The molecule has 0 spiro atoms. The highest BCUT2D eigenvalue weighted by molar-refractivity contribution is 6.07. The highest BCUT2D eigenvalue weighted by Crippen LogP contribution is 2.60. The van der Waals surface area contributed by atoms with Gasteiger partial charge in [-0.1, -0.05) is 112 Å². The minimum atomic E-state index is -0.653. The molecule has 1 aliphatic carbocycles. The number of amides is 1. The van der Waals surface area contributed by atoms with Gasteiger partial charge in [0.1, 0.15) is 6.04 Å². The summed E-state index contributed by atoms with van der Waals surface area (Å²) in [6.07, 6.45) is 0.361. The molecule has 4 heteroatoms. The normalized spacial score (nSPS) is 25.4. The van der Waals surface area contributed by atoms with E-state index in [1.807, 2.05) is 85.8 Å². The predicted molar refractivity (Wildman–Crippen MR) is 141 cm³/mol. The topological polar surface area (TPSA) is 46.6 Å². The average molecular weight is 480 g/mol. The summed E-state index contributed by atoms with van der Waals surface area (Å²) < 4.78 is 6.05. The SMILES string of the molecule is CCC1(CC)C(=O)C(N2C(=O)O[C@H](c3ccccc3)[C@@H]2c2ccccc2)=C(C)[C@]1(C)c1ccccc1. The van der Waals surface area contributed by atoms with Gasteiger partial charge in [0, 0.05) is 10.8 Å². The Morgan fingerprint density at radius 1 is 0.778 bits per heavy atom. The van der Waals surface area contributed by atoms with E-state index in [9.17, 15) is 9.59 Å². The molecule has 1 fully saturated rings. The summed E-state index contributed by atoms with van der Waals surface area (Å²) in [6, 6.07) is 29.5. The zero-order valence-electron chi connectivity index (χ0n) is 21.4. The molecule has 0 N–H and O–H groups in total. The fourth-order valence-corrected chi connectivity index (χ4v) is 6.63. The van der Waals surface area contributed by atoms with Crippen molar-refractivity contribution in [1.29, 1.82) is 0 Å². The van der Waals surface area contributed by atoms with Gasteiger partial charge in [-0.3, -0.25) is 9.69 Å². The Hall–Kier alpha value is -3.66. The number of allylic oxidation sites excluding steroid dienone is 2. The Kier molecular flexibility index (Phi) is 6.07. The molecule has 3 aromatic rings. The second kappa shape index (κ2) is 9.09. The Morgan fingerprint density at radius 2 is 1.28 bits per heavy atom. The maximum absolute atomic E-state index is 14.5. The van der Waals surface area contributed by atoms with Crippen LogP contribution >= 0.6 is 0 Å². The van der Waals surface area contributed by atoms with Crippen LogP contribution in [0.25, 0.3) is 0 Å². The molecule has 3 atom stereocenters. The van der Waals surface area contributed by atoms with Gasteiger partial charge >= 0.3 is 6.09 Å². The van der Waals surface area contributed by atoms with E-state index in [1.54, 1.807) is 4.90 Å². The summed E-state index contributed by atoms with van der Waals surface area (Å²) >= 11 is 0. The summed E-state index contributed by atoms with van der Waals surface area (Å²) in [5.74, 6) is 0.0305. The van der Waals surface area contributed by atoms with Gasteiger partial charge in [0.25, 0.3) is 0 Å². The molecule has 1 amide bonds. The van der Waals surface area contributed by atoms with Crippen LogP contribution in [0.15, 0.2) is 102 Å². The lowest BCUT2D eigenvalue weighted by Crippen LogP contribution is -2.45. The number of cyclic esters (lactones) is 1. The van der Waals surface area contributed by atoms with E-state index in [-0.39, 0.29) is 5.78 Å². The summed E-state index contributed by atoms with van der Waals surface area (Å²) in [5, 5.41) is 0. The number of ketones is 1. The van der Waals surface area contributed by atoms with E-state index >= 15 is 0 Å². The molecule has 0 saturated carbocycles. The van der Waals surface area contributed by atoms with Crippen LogP contribution in [0.1, 0.15) is 69.4 Å². The standard InChI is InChI=1S/C32H33NO3/c1-5-32(6-2)29(34)26(22(3)31(32,4)25-20-14-9-15-21-25)33-27(23-16-10-7-11-17-23)28(36-30(33)35)24-18-12-8-13-19-24/h7-21,27-28H,5-6H2,1-4H3/t27-,28+,31+/m0/s1. The van der Waals surface area contributed by atoms with Crippen molar-refractivity contribution in [3.05, 3.63) is 119 Å². The number of Topliss-reactive ketones (excluding diaryl/α,β-unsaturated/α-hetero) is 1. The van der Waals surface area contributed by atoms with Gasteiger partial charge < -0.3 is 4.74 Å². The second-order valence-corrected chi connectivity index (χ2v) is 10.0. The molecule has 36 heavy (non-hydrogen) atoms. The van der Waals surface area contributed by atoms with E-state index in [2.05, 4.69) is 32.9 Å². The maximum atomic E-state index is 14.5. The van der Waals surface area contributed by atoms with Gasteiger partial charge in [0.05, 0.1) is 5.70 Å². The van der Waals surface area contributed by atoms with E-state index < -0.39 is 29.1 Å². The third-order valence-electron chi connectivity index (χ3n) is 8.77. The van der Waals surface area contributed by atoms with E-state index in [1.165, 1.54) is 0 Å². The van der Waals surface area contributed by atoms with Gasteiger partial charge in [-0.25, -0.2) is 4.79 Å². The van der Waals surface area contributed by atoms with E-state index in [0.29, 0.717) is 18.5 Å². The zero-order valence-corrected chi connectivity index (χ0v) is 21.4. The fourth-order valence-electron chi connectivity index (χ4n) is 6.63. The molecule has 2 aliphatic rings. The molecular weight excluding hydrogens is 446 g/mol. The van der Waals surface area contributed by atoms with Crippen LogP contribution < -0.4 is 0 Å². The molecule has 5 rings (SSSR count). The van der Waals surface area contributed by atoms with Crippen molar-refractivity contribution in [2.24, 2.45) is 5.41 Å². The largest absolute Gasteiger partial charge is 0.438 e. The average Bonchev–Trinajstić information content (AvgIpc) is 3.35. The highest BCUT2D eigenvalue weighted by atomic mass is 16.6. The van der Waals surface area contributed by atoms with Crippen LogP contribution in [0, 0.1) is 5.41 Å². The molecule has 1 aliphatic heterocycles. The van der Waals surface area contributed by atoms with Crippen molar-refractivity contribution in [3.8, 4) is 0 Å². The Bertz CT molecular complexity index is 1300. The smallest absolute Gasteiger partial charge is 0.415 e. The van der Waals surface area contributed by atoms with Crippen LogP contribution in [0.5, 0.6) is 0 Å². The third-order valence-corrected chi connectivity index (χ3v) is 8.77. The first-order valence-electron chi connectivity index (χ1n) is 12.8. The number of ether oxygens (including phenoxy) is 1. The van der Waals surface area contributed by atoms with Gasteiger partial charge in [-0.15, -0.1) is 0 Å². The predicted octanol–water partition coefficient (Wildman–Crippen LogP) is 7.54. The summed E-state index contributed by atoms with van der Waals surface area (Å²) in [6.45, 7) is 8.37. The number of benzene rings is 3.